The zero-order chi connectivity index (χ0) is 10.8. The van der Waals surface area contributed by atoms with E-state index in [0.717, 1.165) is 5.56 Å². The van der Waals surface area contributed by atoms with Crippen molar-refractivity contribution in [2.75, 3.05) is 5.73 Å². The summed E-state index contributed by atoms with van der Waals surface area (Å²) < 4.78 is 4.91. The minimum Gasteiger partial charge on any atom is -0.472 e. The normalized spacial score (nSPS) is 12.7. The van der Waals surface area contributed by atoms with Gasteiger partial charge in [0.1, 0.15) is 11.9 Å². The fourth-order valence-corrected chi connectivity index (χ4v) is 1.43. The van der Waals surface area contributed by atoms with E-state index in [-0.39, 0.29) is 0 Å². The van der Waals surface area contributed by atoms with Crippen LogP contribution >= 0.6 is 0 Å². The van der Waals surface area contributed by atoms with Gasteiger partial charge in [-0.15, -0.1) is 0 Å². The zero-order valence-electron chi connectivity index (χ0n) is 8.34. The number of nitrogens with zero attached hydrogens (tertiary/aromatic N) is 1. The number of anilines is 1. The molecule has 1 unspecified atom stereocenters. The van der Waals surface area contributed by atoms with Gasteiger partial charge < -0.3 is 15.3 Å². The van der Waals surface area contributed by atoms with Crippen LogP contribution in [0.4, 0.5) is 5.82 Å². The van der Waals surface area contributed by atoms with Crippen molar-refractivity contribution in [1.82, 2.24) is 4.98 Å². The molecular formula is C11H12N2O2. The number of nitrogens with two attached hydrogens (primary N) is 1. The Morgan fingerprint density at radius 2 is 2.33 bits per heavy atom. The van der Waals surface area contributed by atoms with E-state index in [4.69, 9.17) is 10.2 Å². The van der Waals surface area contributed by atoms with Gasteiger partial charge in [-0.1, -0.05) is 0 Å². The van der Waals surface area contributed by atoms with Crippen LogP contribution in [-0.4, -0.2) is 10.1 Å². The number of hydrogen-bond donors (Lipinski definition) is 2. The molecule has 0 radical (unpaired) electrons. The molecule has 0 saturated carbocycles. The second-order valence-electron chi connectivity index (χ2n) is 3.45. The summed E-state index contributed by atoms with van der Waals surface area (Å²) in [4.78, 5) is 4.00. The van der Waals surface area contributed by atoms with Gasteiger partial charge in [0.2, 0.25) is 0 Å². The summed E-state index contributed by atoms with van der Waals surface area (Å²) >= 11 is 0. The van der Waals surface area contributed by atoms with E-state index in [0.29, 0.717) is 16.9 Å². The summed E-state index contributed by atoms with van der Waals surface area (Å²) in [5, 5.41) is 10.0. The van der Waals surface area contributed by atoms with Crippen LogP contribution in [0.15, 0.2) is 35.3 Å². The van der Waals surface area contributed by atoms with E-state index >= 15 is 0 Å². The summed E-state index contributed by atoms with van der Waals surface area (Å²) in [6.07, 6.45) is 3.89. The van der Waals surface area contributed by atoms with Gasteiger partial charge in [-0.25, -0.2) is 4.98 Å². The Hall–Kier alpha value is -1.81. The predicted molar refractivity (Wildman–Crippen MR) is 56.2 cm³/mol. The monoisotopic (exact) mass is 204 g/mol. The third kappa shape index (κ3) is 1.85. The summed E-state index contributed by atoms with van der Waals surface area (Å²) in [5.74, 6) is 0.342. The molecule has 0 aliphatic rings. The molecular weight excluding hydrogens is 192 g/mol. The minimum absolute atomic E-state index is 0.342. The quantitative estimate of drug-likeness (QED) is 0.780. The molecule has 78 valence electrons. The summed E-state index contributed by atoms with van der Waals surface area (Å²) in [7, 11) is 0. The molecule has 0 spiro atoms. The van der Waals surface area contributed by atoms with E-state index in [2.05, 4.69) is 4.98 Å². The highest BCUT2D eigenvalue weighted by Gasteiger charge is 2.15. The number of aliphatic hydroxyl groups is 1. The number of aromatic nitrogens is 1. The molecule has 2 heterocycles. The van der Waals surface area contributed by atoms with E-state index in [1.54, 1.807) is 12.3 Å². The van der Waals surface area contributed by atoms with Crippen molar-refractivity contribution in [2.24, 2.45) is 0 Å². The number of rotatable bonds is 2. The first-order chi connectivity index (χ1) is 7.18. The molecule has 0 bridgehead atoms. The molecule has 2 rings (SSSR count). The van der Waals surface area contributed by atoms with Gasteiger partial charge >= 0.3 is 0 Å². The van der Waals surface area contributed by atoms with Crippen molar-refractivity contribution in [1.29, 1.82) is 0 Å². The summed E-state index contributed by atoms with van der Waals surface area (Å²) in [6, 6.07) is 3.52. The van der Waals surface area contributed by atoms with Crippen LogP contribution in [0.3, 0.4) is 0 Å². The highest BCUT2D eigenvalue weighted by molar-refractivity contribution is 5.45. The maximum absolute atomic E-state index is 10.0. The molecule has 15 heavy (non-hydrogen) atoms. The predicted octanol–water partition coefficient (Wildman–Crippen LogP) is 1.65. The van der Waals surface area contributed by atoms with E-state index in [9.17, 15) is 5.11 Å². The second kappa shape index (κ2) is 3.74. The lowest BCUT2D eigenvalue weighted by atomic mass is 10.0. The smallest absolute Gasteiger partial charge is 0.129 e. The maximum Gasteiger partial charge on any atom is 0.129 e. The van der Waals surface area contributed by atoms with Crippen molar-refractivity contribution in [2.45, 2.75) is 13.0 Å². The molecule has 4 nitrogen and oxygen atoms in total. The Labute approximate surface area is 87.4 Å². The van der Waals surface area contributed by atoms with E-state index in [1.165, 1.54) is 12.5 Å². The molecule has 0 aliphatic carbocycles. The average molecular weight is 204 g/mol. The minimum atomic E-state index is -0.781. The number of furan rings is 1. The van der Waals surface area contributed by atoms with Crippen LogP contribution in [0.1, 0.15) is 22.8 Å². The van der Waals surface area contributed by atoms with E-state index in [1.807, 2.05) is 13.0 Å². The number of aryl methyl sites for hydroxylation is 1. The lowest BCUT2D eigenvalue weighted by Gasteiger charge is -2.11. The van der Waals surface area contributed by atoms with Crippen molar-refractivity contribution in [3.63, 3.8) is 0 Å². The highest BCUT2D eigenvalue weighted by Crippen LogP contribution is 2.26. The van der Waals surface area contributed by atoms with Gasteiger partial charge in [0.25, 0.3) is 0 Å². The van der Waals surface area contributed by atoms with Crippen LogP contribution in [-0.2, 0) is 0 Å². The van der Waals surface area contributed by atoms with Gasteiger partial charge in [0.15, 0.2) is 0 Å². The molecule has 0 fully saturated rings. The number of aliphatic hydroxyl groups excluding tert-OH is 1. The Kier molecular flexibility index (Phi) is 2.43. The summed E-state index contributed by atoms with van der Waals surface area (Å²) in [5.41, 5.74) is 7.94. The molecule has 0 aromatic carbocycles. The molecule has 2 aromatic heterocycles. The molecule has 3 N–H and O–H groups in total. The lowest BCUT2D eigenvalue weighted by molar-refractivity contribution is 0.219. The van der Waals surface area contributed by atoms with Crippen molar-refractivity contribution in [3.8, 4) is 0 Å². The Morgan fingerprint density at radius 1 is 1.53 bits per heavy atom. The molecule has 0 aliphatic heterocycles. The van der Waals surface area contributed by atoms with Crippen LogP contribution in [0.2, 0.25) is 0 Å². The SMILES string of the molecule is Cc1cnc(N)c(C(O)c2ccoc2)c1. The largest absolute Gasteiger partial charge is 0.472 e. The van der Waals surface area contributed by atoms with Crippen LogP contribution < -0.4 is 5.73 Å². The van der Waals surface area contributed by atoms with Crippen molar-refractivity contribution in [3.05, 3.63) is 47.5 Å². The van der Waals surface area contributed by atoms with Gasteiger partial charge in [0, 0.05) is 17.3 Å². The third-order valence-corrected chi connectivity index (χ3v) is 2.24. The van der Waals surface area contributed by atoms with Crippen LogP contribution in [0.5, 0.6) is 0 Å². The third-order valence-electron chi connectivity index (χ3n) is 2.24. The standard InChI is InChI=1S/C11H12N2O2/c1-7-4-9(11(12)13-5-7)10(14)8-2-3-15-6-8/h2-6,10,14H,1H3,(H2,12,13). The van der Waals surface area contributed by atoms with Gasteiger partial charge in [0.05, 0.1) is 12.5 Å². The molecule has 1 atom stereocenters. The molecule has 2 aromatic rings. The first kappa shape index (κ1) is 9.73. The Bertz CT molecular complexity index is 452. The lowest BCUT2D eigenvalue weighted by Crippen LogP contribution is -2.05. The second-order valence-corrected chi connectivity index (χ2v) is 3.45. The van der Waals surface area contributed by atoms with Crippen molar-refractivity contribution >= 4 is 5.82 Å². The van der Waals surface area contributed by atoms with Gasteiger partial charge in [-0.2, -0.15) is 0 Å². The molecule has 0 amide bonds. The molecule has 4 heteroatoms. The fourth-order valence-electron chi connectivity index (χ4n) is 1.43. The molecule has 0 saturated heterocycles. The average Bonchev–Trinajstić information content (AvgIpc) is 2.74. The number of pyridine rings is 1. The van der Waals surface area contributed by atoms with Gasteiger partial charge in [-0.3, -0.25) is 0 Å². The maximum atomic E-state index is 10.0. The van der Waals surface area contributed by atoms with Crippen LogP contribution in [0.25, 0.3) is 0 Å². The summed E-state index contributed by atoms with van der Waals surface area (Å²) in [6.45, 7) is 1.90. The van der Waals surface area contributed by atoms with Crippen LogP contribution in [0, 0.1) is 6.92 Å². The number of nitrogen functional groups attached to an aromatic ring is 1. The van der Waals surface area contributed by atoms with Crippen molar-refractivity contribution < 1.29 is 9.52 Å². The Balaban J connectivity index is 2.41. The van der Waals surface area contributed by atoms with E-state index < -0.39 is 6.10 Å². The van der Waals surface area contributed by atoms with Gasteiger partial charge in [-0.05, 0) is 24.6 Å². The topological polar surface area (TPSA) is 72.3 Å². The zero-order valence-corrected chi connectivity index (χ0v) is 8.34. The highest BCUT2D eigenvalue weighted by atomic mass is 16.3. The first-order valence-electron chi connectivity index (χ1n) is 4.60. The fraction of sp³-hybridized carbons (Fsp3) is 0.182. The first-order valence-corrected chi connectivity index (χ1v) is 4.60. The Morgan fingerprint density at radius 3 is 3.00 bits per heavy atom. The number of hydrogen-bond acceptors (Lipinski definition) is 4.